The Hall–Kier alpha value is -0.610. The molecule has 104 valence electrons. The van der Waals surface area contributed by atoms with E-state index < -0.39 is 0 Å². The predicted molar refractivity (Wildman–Crippen MR) is 73.2 cm³/mol. The smallest absolute Gasteiger partial charge is 0.222 e. The van der Waals surface area contributed by atoms with Gasteiger partial charge in [-0.3, -0.25) is 4.79 Å². The van der Waals surface area contributed by atoms with Gasteiger partial charge in [0.1, 0.15) is 0 Å². The monoisotopic (exact) mass is 253 g/mol. The number of hydrogen-bond acceptors (Lipinski definition) is 3. The molecular weight excluding hydrogens is 226 g/mol. The van der Waals surface area contributed by atoms with Crippen LogP contribution in [0, 0.1) is 5.92 Å². The van der Waals surface area contributed by atoms with Gasteiger partial charge in [0, 0.05) is 38.6 Å². The van der Waals surface area contributed by atoms with Gasteiger partial charge in [0.05, 0.1) is 0 Å². The first-order chi connectivity index (χ1) is 8.65. The van der Waals surface area contributed by atoms with E-state index in [0.717, 1.165) is 57.8 Å². The molecule has 2 N–H and O–H groups in total. The molecule has 0 aromatic rings. The minimum atomic E-state index is 0.359. The fourth-order valence-electron chi connectivity index (χ4n) is 3.02. The molecule has 0 spiro atoms. The normalized spacial score (nSPS) is 30.4. The lowest BCUT2D eigenvalue weighted by Crippen LogP contribution is -2.47. The van der Waals surface area contributed by atoms with E-state index in [0.29, 0.717) is 11.9 Å². The molecule has 0 aromatic carbocycles. The highest BCUT2D eigenvalue weighted by Crippen LogP contribution is 2.27. The highest BCUT2D eigenvalue weighted by Gasteiger charge is 2.22. The Bertz CT molecular complexity index is 266. The van der Waals surface area contributed by atoms with E-state index in [4.69, 9.17) is 5.73 Å². The van der Waals surface area contributed by atoms with Crippen LogP contribution in [0.3, 0.4) is 0 Å². The molecular formula is C14H27N3O. The zero-order valence-corrected chi connectivity index (χ0v) is 11.6. The van der Waals surface area contributed by atoms with E-state index in [1.54, 1.807) is 0 Å². The minimum Gasteiger partial charge on any atom is -0.340 e. The summed E-state index contributed by atoms with van der Waals surface area (Å²) in [5.41, 5.74) is 5.90. The van der Waals surface area contributed by atoms with Gasteiger partial charge in [-0.25, -0.2) is 0 Å². The summed E-state index contributed by atoms with van der Waals surface area (Å²) < 4.78 is 0. The number of amides is 1. The van der Waals surface area contributed by atoms with E-state index in [2.05, 4.69) is 11.9 Å². The summed E-state index contributed by atoms with van der Waals surface area (Å²) in [6.07, 6.45) is 6.54. The number of nitrogens with two attached hydrogens (primary N) is 1. The molecule has 1 amide bonds. The summed E-state index contributed by atoms with van der Waals surface area (Å²) in [5, 5.41) is 0. The average molecular weight is 253 g/mol. The van der Waals surface area contributed by atoms with Crippen molar-refractivity contribution < 1.29 is 4.79 Å². The minimum absolute atomic E-state index is 0.359. The van der Waals surface area contributed by atoms with Crippen LogP contribution in [0.4, 0.5) is 0 Å². The van der Waals surface area contributed by atoms with E-state index in [1.165, 1.54) is 12.8 Å². The molecule has 18 heavy (non-hydrogen) atoms. The maximum Gasteiger partial charge on any atom is 0.222 e. The summed E-state index contributed by atoms with van der Waals surface area (Å²) in [6, 6.07) is 0.412. The Morgan fingerprint density at radius 1 is 1.11 bits per heavy atom. The first-order valence-electron chi connectivity index (χ1n) is 7.37. The Balaban J connectivity index is 1.65. The number of carbonyl (C=O) groups is 1. The number of carbonyl (C=O) groups excluding carboxylic acids is 1. The predicted octanol–water partition coefficient (Wildman–Crippen LogP) is 1.06. The zero-order chi connectivity index (χ0) is 13.0. The van der Waals surface area contributed by atoms with Crippen LogP contribution < -0.4 is 5.73 Å². The van der Waals surface area contributed by atoms with Gasteiger partial charge in [0.2, 0.25) is 5.91 Å². The van der Waals surface area contributed by atoms with Crippen LogP contribution in [0.1, 0.15) is 38.5 Å². The van der Waals surface area contributed by atoms with Gasteiger partial charge in [0.15, 0.2) is 0 Å². The maximum atomic E-state index is 12.1. The first kappa shape index (κ1) is 13.8. The molecule has 4 heteroatoms. The van der Waals surface area contributed by atoms with Crippen LogP contribution in [-0.4, -0.2) is 55.0 Å². The molecule has 1 heterocycles. The van der Waals surface area contributed by atoms with E-state index in [-0.39, 0.29) is 0 Å². The maximum absolute atomic E-state index is 12.1. The molecule has 4 nitrogen and oxygen atoms in total. The second-order valence-electron chi connectivity index (χ2n) is 6.00. The molecule has 2 aliphatic rings. The van der Waals surface area contributed by atoms with Gasteiger partial charge in [0.25, 0.3) is 0 Å². The van der Waals surface area contributed by atoms with Crippen molar-refractivity contribution in [2.45, 2.75) is 44.6 Å². The molecule has 1 aliphatic heterocycles. The molecule has 1 saturated heterocycles. The third-order valence-electron chi connectivity index (χ3n) is 4.51. The highest BCUT2D eigenvalue weighted by molar-refractivity contribution is 5.76. The SMILES string of the molecule is CN1CCN(C(=O)CCC2CCC(N)CC2)CC1. The second-order valence-corrected chi connectivity index (χ2v) is 6.00. The second kappa shape index (κ2) is 6.53. The molecule has 2 rings (SSSR count). The zero-order valence-electron chi connectivity index (χ0n) is 11.6. The summed E-state index contributed by atoms with van der Waals surface area (Å²) >= 11 is 0. The summed E-state index contributed by atoms with van der Waals surface area (Å²) in [4.78, 5) is 16.4. The number of piperazine rings is 1. The van der Waals surface area contributed by atoms with Crippen LogP contribution in [0.2, 0.25) is 0 Å². The van der Waals surface area contributed by atoms with Crippen LogP contribution in [0.25, 0.3) is 0 Å². The molecule has 0 aromatic heterocycles. The van der Waals surface area contributed by atoms with Crippen molar-refractivity contribution in [1.82, 2.24) is 9.80 Å². The Morgan fingerprint density at radius 3 is 2.33 bits per heavy atom. The van der Waals surface area contributed by atoms with Crippen molar-refractivity contribution in [3.63, 3.8) is 0 Å². The first-order valence-corrected chi connectivity index (χ1v) is 7.37. The number of nitrogens with zero attached hydrogens (tertiary/aromatic N) is 2. The fourth-order valence-corrected chi connectivity index (χ4v) is 3.02. The van der Waals surface area contributed by atoms with Gasteiger partial charge in [-0.2, -0.15) is 0 Å². The van der Waals surface area contributed by atoms with Crippen LogP contribution >= 0.6 is 0 Å². The number of likely N-dealkylation sites (N-methyl/N-ethyl adjacent to an activating group) is 1. The van der Waals surface area contributed by atoms with Gasteiger partial charge in [-0.05, 0) is 45.1 Å². The largest absolute Gasteiger partial charge is 0.340 e. The molecule has 0 atom stereocenters. The van der Waals surface area contributed by atoms with Crippen molar-refractivity contribution in [2.24, 2.45) is 11.7 Å². The van der Waals surface area contributed by atoms with Gasteiger partial charge < -0.3 is 15.5 Å². The molecule has 2 fully saturated rings. The number of hydrogen-bond donors (Lipinski definition) is 1. The van der Waals surface area contributed by atoms with Crippen molar-refractivity contribution in [2.75, 3.05) is 33.2 Å². The lowest BCUT2D eigenvalue weighted by Gasteiger charge is -2.33. The molecule has 0 unspecified atom stereocenters. The molecule has 1 aliphatic carbocycles. The van der Waals surface area contributed by atoms with E-state index in [1.807, 2.05) is 4.90 Å². The van der Waals surface area contributed by atoms with Crippen molar-refractivity contribution in [1.29, 1.82) is 0 Å². The van der Waals surface area contributed by atoms with E-state index in [9.17, 15) is 4.79 Å². The third-order valence-corrected chi connectivity index (χ3v) is 4.51. The van der Waals surface area contributed by atoms with Gasteiger partial charge in [-0.1, -0.05) is 0 Å². The Labute approximate surface area is 110 Å². The molecule has 1 saturated carbocycles. The summed E-state index contributed by atoms with van der Waals surface area (Å²) in [5.74, 6) is 1.10. The summed E-state index contributed by atoms with van der Waals surface area (Å²) in [6.45, 7) is 3.85. The van der Waals surface area contributed by atoms with Crippen LogP contribution in [0.15, 0.2) is 0 Å². The molecule has 0 bridgehead atoms. The van der Waals surface area contributed by atoms with Gasteiger partial charge in [-0.15, -0.1) is 0 Å². The average Bonchev–Trinajstić information content (AvgIpc) is 2.38. The van der Waals surface area contributed by atoms with Crippen LogP contribution in [-0.2, 0) is 4.79 Å². The number of rotatable bonds is 3. The lowest BCUT2D eigenvalue weighted by molar-refractivity contribution is -0.133. The standard InChI is InChI=1S/C14H27N3O/c1-16-8-10-17(11-9-16)14(18)7-4-12-2-5-13(15)6-3-12/h12-13H,2-11,15H2,1H3. The lowest BCUT2D eigenvalue weighted by atomic mass is 9.83. The van der Waals surface area contributed by atoms with Crippen molar-refractivity contribution in [3.05, 3.63) is 0 Å². The quantitative estimate of drug-likeness (QED) is 0.818. The van der Waals surface area contributed by atoms with Crippen LogP contribution in [0.5, 0.6) is 0 Å². The van der Waals surface area contributed by atoms with Crippen molar-refractivity contribution >= 4 is 5.91 Å². The Morgan fingerprint density at radius 2 is 1.72 bits per heavy atom. The molecule has 0 radical (unpaired) electrons. The highest BCUT2D eigenvalue weighted by atomic mass is 16.2. The van der Waals surface area contributed by atoms with Crippen molar-refractivity contribution in [3.8, 4) is 0 Å². The Kier molecular flexibility index (Phi) is 5.01. The third kappa shape index (κ3) is 3.95. The topological polar surface area (TPSA) is 49.6 Å². The fraction of sp³-hybridized carbons (Fsp3) is 0.929. The summed E-state index contributed by atoms with van der Waals surface area (Å²) in [7, 11) is 2.12. The van der Waals surface area contributed by atoms with Gasteiger partial charge >= 0.3 is 0 Å². The van der Waals surface area contributed by atoms with E-state index >= 15 is 0 Å².